The number of rotatable bonds is 2. The normalized spacial score (nSPS) is 24.0. The summed E-state index contributed by atoms with van der Waals surface area (Å²) in [4.78, 5) is 0. The van der Waals surface area contributed by atoms with Crippen molar-refractivity contribution < 1.29 is 23.2 Å². The van der Waals surface area contributed by atoms with Crippen molar-refractivity contribution in [2.24, 2.45) is 0 Å². The number of hydrogen-bond donors (Lipinski definition) is 0. The van der Waals surface area contributed by atoms with Crippen molar-refractivity contribution in [3.05, 3.63) is 35.1 Å². The average Bonchev–Trinajstić information content (AvgIpc) is 2.73. The van der Waals surface area contributed by atoms with E-state index in [1.807, 2.05) is 45.9 Å². The maximum absolute atomic E-state index is 14.9. The lowest BCUT2D eigenvalue weighted by atomic mass is 9.82. The first-order chi connectivity index (χ1) is 10.7. The van der Waals surface area contributed by atoms with Crippen LogP contribution in [0.2, 0.25) is 0 Å². The third-order valence-electron chi connectivity index (χ3n) is 4.87. The molecule has 1 saturated heterocycles. The molecule has 2 aliphatic rings. The fraction of sp³-hybridized carbons (Fsp3) is 0.529. The third-order valence-corrected chi connectivity index (χ3v) is 4.87. The molecule has 0 unspecified atom stereocenters. The summed E-state index contributed by atoms with van der Waals surface area (Å²) in [6.07, 6.45) is 0.461. The number of methoxy groups -OCH3 is 1. The number of hydrogen-bond acceptors (Lipinski definition) is 4. The van der Waals surface area contributed by atoms with Gasteiger partial charge in [-0.05, 0) is 39.3 Å². The van der Waals surface area contributed by atoms with E-state index in [1.165, 1.54) is 0 Å². The second-order valence-corrected chi connectivity index (χ2v) is 6.95. The van der Waals surface area contributed by atoms with Gasteiger partial charge in [0.2, 0.25) is 0 Å². The highest BCUT2D eigenvalue weighted by atomic mass is 19.1. The predicted octanol–water partition coefficient (Wildman–Crippen LogP) is 3.49. The van der Waals surface area contributed by atoms with Crippen LogP contribution in [-0.4, -0.2) is 32.0 Å². The van der Waals surface area contributed by atoms with Crippen molar-refractivity contribution in [3.63, 3.8) is 0 Å². The van der Waals surface area contributed by atoms with Gasteiger partial charge in [-0.15, -0.1) is 0 Å². The van der Waals surface area contributed by atoms with Crippen LogP contribution < -0.4 is 9.47 Å². The number of ether oxygens (including phenoxy) is 2. The highest BCUT2D eigenvalue weighted by molar-refractivity contribution is 6.53. The molecule has 0 radical (unpaired) electrons. The van der Waals surface area contributed by atoms with Crippen LogP contribution in [0.15, 0.2) is 29.5 Å². The molecule has 0 atom stereocenters. The topological polar surface area (TPSA) is 36.9 Å². The molecule has 0 amide bonds. The highest BCUT2D eigenvalue weighted by Crippen LogP contribution is 2.41. The zero-order valence-corrected chi connectivity index (χ0v) is 14.2. The van der Waals surface area contributed by atoms with E-state index in [2.05, 4.69) is 0 Å². The van der Waals surface area contributed by atoms with Crippen LogP contribution in [0.1, 0.15) is 33.3 Å². The standard InChI is InChI=1S/C17H22BFO4/c1-16(2)17(3,4)23-18(22-16)15(19)12-9-11-7-6-8-13(20-5)14(11)21-10-12/h6-8H,9-10H2,1-5H3. The number of halogens is 1. The van der Waals surface area contributed by atoms with Crippen molar-refractivity contribution in [1.82, 2.24) is 0 Å². The molecule has 0 aliphatic carbocycles. The van der Waals surface area contributed by atoms with Gasteiger partial charge in [-0.1, -0.05) is 12.1 Å². The maximum atomic E-state index is 14.9. The van der Waals surface area contributed by atoms with Gasteiger partial charge in [-0.2, -0.15) is 0 Å². The molecule has 0 aromatic heterocycles. The van der Waals surface area contributed by atoms with Gasteiger partial charge >= 0.3 is 7.12 Å². The summed E-state index contributed by atoms with van der Waals surface area (Å²) in [5.41, 5.74) is -0.0723. The molecule has 0 N–H and O–H groups in total. The van der Waals surface area contributed by atoms with Crippen molar-refractivity contribution in [2.45, 2.75) is 45.3 Å². The average molecular weight is 320 g/mol. The Kier molecular flexibility index (Phi) is 3.93. The second-order valence-electron chi connectivity index (χ2n) is 6.95. The minimum atomic E-state index is -0.981. The molecular weight excluding hydrogens is 298 g/mol. The summed E-state index contributed by atoms with van der Waals surface area (Å²) < 4.78 is 37.4. The molecule has 124 valence electrons. The fourth-order valence-corrected chi connectivity index (χ4v) is 2.73. The molecule has 0 saturated carbocycles. The van der Waals surface area contributed by atoms with Crippen LogP contribution in [-0.2, 0) is 15.7 Å². The Bertz CT molecular complexity index is 638. The Balaban J connectivity index is 1.86. The lowest BCUT2D eigenvalue weighted by molar-refractivity contribution is 0.00578. The van der Waals surface area contributed by atoms with Gasteiger partial charge in [0, 0.05) is 12.0 Å². The molecule has 3 rings (SSSR count). The Morgan fingerprint density at radius 1 is 1.17 bits per heavy atom. The van der Waals surface area contributed by atoms with Gasteiger partial charge in [0.15, 0.2) is 11.5 Å². The summed E-state index contributed by atoms with van der Waals surface area (Å²) in [6, 6.07) is 5.61. The van der Waals surface area contributed by atoms with Gasteiger partial charge in [-0.3, -0.25) is 0 Å². The van der Waals surface area contributed by atoms with Gasteiger partial charge in [0.05, 0.1) is 18.3 Å². The lowest BCUT2D eigenvalue weighted by Gasteiger charge is -2.32. The van der Waals surface area contributed by atoms with E-state index in [0.717, 1.165) is 5.56 Å². The molecule has 1 aromatic carbocycles. The molecule has 23 heavy (non-hydrogen) atoms. The summed E-state index contributed by atoms with van der Waals surface area (Å²) in [7, 11) is 0.612. The lowest BCUT2D eigenvalue weighted by Crippen LogP contribution is -2.41. The second kappa shape index (κ2) is 5.53. The number of para-hydroxylation sites is 1. The first-order valence-corrected chi connectivity index (χ1v) is 7.77. The summed E-state index contributed by atoms with van der Waals surface area (Å²) in [6.45, 7) is 7.79. The monoisotopic (exact) mass is 320 g/mol. The highest BCUT2D eigenvalue weighted by Gasteiger charge is 2.53. The van der Waals surface area contributed by atoms with Crippen molar-refractivity contribution in [3.8, 4) is 11.5 Å². The van der Waals surface area contributed by atoms with Gasteiger partial charge in [0.25, 0.3) is 0 Å². The molecule has 0 spiro atoms. The van der Waals surface area contributed by atoms with E-state index in [1.54, 1.807) is 7.11 Å². The molecule has 0 bridgehead atoms. The SMILES string of the molecule is COc1cccc2c1OCC(=C(F)B1OC(C)(C)C(C)(C)O1)C2. The number of benzene rings is 1. The van der Waals surface area contributed by atoms with E-state index >= 15 is 0 Å². The molecule has 2 aliphatic heterocycles. The van der Waals surface area contributed by atoms with Crippen molar-refractivity contribution >= 4 is 7.12 Å². The van der Waals surface area contributed by atoms with Crippen molar-refractivity contribution in [1.29, 1.82) is 0 Å². The van der Waals surface area contributed by atoms with E-state index in [-0.39, 0.29) is 6.61 Å². The molecular formula is C17H22BFO4. The van der Waals surface area contributed by atoms with E-state index < -0.39 is 24.0 Å². The van der Waals surface area contributed by atoms with Crippen molar-refractivity contribution in [2.75, 3.05) is 13.7 Å². The Hall–Kier alpha value is -1.53. The fourth-order valence-electron chi connectivity index (χ4n) is 2.73. The minimum Gasteiger partial charge on any atom is -0.493 e. The van der Waals surface area contributed by atoms with Crippen LogP contribution in [0, 0.1) is 0 Å². The van der Waals surface area contributed by atoms with E-state index in [4.69, 9.17) is 18.8 Å². The molecule has 1 fully saturated rings. The molecule has 1 aromatic rings. The largest absolute Gasteiger partial charge is 0.525 e. The Morgan fingerprint density at radius 2 is 1.83 bits per heavy atom. The third kappa shape index (κ3) is 2.74. The maximum Gasteiger partial charge on any atom is 0.525 e. The summed E-state index contributed by atoms with van der Waals surface area (Å²) in [5.74, 6) is 1.35. The van der Waals surface area contributed by atoms with Crippen LogP contribution >= 0.6 is 0 Å². The molecule has 4 nitrogen and oxygen atoms in total. The Labute approximate surface area is 136 Å². The first kappa shape index (κ1) is 16.3. The number of fused-ring (bicyclic) bond motifs is 1. The van der Waals surface area contributed by atoms with Gasteiger partial charge in [0.1, 0.15) is 12.3 Å². The molecule has 2 heterocycles. The van der Waals surface area contributed by atoms with Gasteiger partial charge < -0.3 is 18.8 Å². The van der Waals surface area contributed by atoms with E-state index in [9.17, 15) is 4.39 Å². The van der Waals surface area contributed by atoms with Crippen LogP contribution in [0.4, 0.5) is 4.39 Å². The van der Waals surface area contributed by atoms with Gasteiger partial charge in [-0.25, -0.2) is 4.39 Å². The summed E-state index contributed by atoms with van der Waals surface area (Å²) in [5, 5.41) is 0. The minimum absolute atomic E-state index is 0.170. The quantitative estimate of drug-likeness (QED) is 0.782. The predicted molar refractivity (Wildman–Crippen MR) is 86.4 cm³/mol. The Morgan fingerprint density at radius 3 is 2.43 bits per heavy atom. The van der Waals surface area contributed by atoms with Crippen LogP contribution in [0.3, 0.4) is 0 Å². The summed E-state index contributed by atoms with van der Waals surface area (Å²) >= 11 is 0. The van der Waals surface area contributed by atoms with Crippen LogP contribution in [0.5, 0.6) is 11.5 Å². The first-order valence-electron chi connectivity index (χ1n) is 7.77. The smallest absolute Gasteiger partial charge is 0.493 e. The van der Waals surface area contributed by atoms with Crippen LogP contribution in [0.25, 0.3) is 0 Å². The molecule has 6 heteroatoms. The van der Waals surface area contributed by atoms with E-state index in [0.29, 0.717) is 23.5 Å². The zero-order valence-electron chi connectivity index (χ0n) is 14.2. The zero-order chi connectivity index (χ0) is 16.8.